The summed E-state index contributed by atoms with van der Waals surface area (Å²) in [6, 6.07) is 7.24. The molecule has 1 N–H and O–H groups in total. The van der Waals surface area contributed by atoms with Gasteiger partial charge in [0.1, 0.15) is 0 Å². The van der Waals surface area contributed by atoms with Crippen LogP contribution in [0.2, 0.25) is 0 Å². The molecule has 16 heavy (non-hydrogen) atoms. The molecular weight excluding hydrogens is 194 g/mol. The molecule has 0 amide bonds. The summed E-state index contributed by atoms with van der Waals surface area (Å²) in [5.41, 5.74) is 4.79. The van der Waals surface area contributed by atoms with Crippen molar-refractivity contribution >= 4 is 0 Å². The lowest BCUT2D eigenvalue weighted by molar-refractivity contribution is 0.461. The van der Waals surface area contributed by atoms with Gasteiger partial charge in [0.2, 0.25) is 0 Å². The Morgan fingerprint density at radius 1 is 1.25 bits per heavy atom. The summed E-state index contributed by atoms with van der Waals surface area (Å²) in [6.45, 7) is 4.74. The Kier molecular flexibility index (Phi) is 2.72. The third kappa shape index (κ3) is 1.78. The van der Waals surface area contributed by atoms with E-state index < -0.39 is 0 Å². The number of aryl methyl sites for hydroxylation is 1. The molecule has 1 aliphatic heterocycles. The van der Waals surface area contributed by atoms with Crippen LogP contribution in [0.15, 0.2) is 18.2 Å². The molecule has 2 unspecified atom stereocenters. The van der Waals surface area contributed by atoms with Crippen LogP contribution in [0.25, 0.3) is 0 Å². The molecule has 2 atom stereocenters. The fourth-order valence-corrected chi connectivity index (χ4v) is 3.24. The third-order valence-corrected chi connectivity index (χ3v) is 4.31. The van der Waals surface area contributed by atoms with Gasteiger partial charge < -0.3 is 5.32 Å². The van der Waals surface area contributed by atoms with Crippen LogP contribution >= 0.6 is 0 Å². The minimum absolute atomic E-state index is 0.759. The molecule has 1 aromatic carbocycles. The van der Waals surface area contributed by atoms with Gasteiger partial charge in [-0.1, -0.05) is 25.1 Å². The lowest BCUT2D eigenvalue weighted by atomic mass is 9.89. The number of hydrogen-bond acceptors (Lipinski definition) is 1. The highest BCUT2D eigenvalue weighted by molar-refractivity contribution is 5.39. The summed E-state index contributed by atoms with van der Waals surface area (Å²) in [5.74, 6) is 1.54. The number of piperidine rings is 1. The maximum Gasteiger partial charge on any atom is 0.00201 e. The Labute approximate surface area is 98.3 Å². The van der Waals surface area contributed by atoms with E-state index in [2.05, 4.69) is 30.4 Å². The van der Waals surface area contributed by atoms with Crippen LogP contribution in [0.3, 0.4) is 0 Å². The van der Waals surface area contributed by atoms with Crippen LogP contribution in [0, 0.1) is 0 Å². The molecule has 86 valence electrons. The van der Waals surface area contributed by atoms with Crippen molar-refractivity contribution in [3.8, 4) is 0 Å². The lowest BCUT2D eigenvalue weighted by Gasteiger charge is -2.23. The van der Waals surface area contributed by atoms with E-state index in [1.807, 2.05) is 0 Å². The van der Waals surface area contributed by atoms with Crippen molar-refractivity contribution in [2.24, 2.45) is 0 Å². The molecule has 2 aliphatic rings. The summed E-state index contributed by atoms with van der Waals surface area (Å²) < 4.78 is 0. The second kappa shape index (κ2) is 4.21. The van der Waals surface area contributed by atoms with Crippen LogP contribution in [0.4, 0.5) is 0 Å². The van der Waals surface area contributed by atoms with Gasteiger partial charge in [-0.25, -0.2) is 0 Å². The number of benzene rings is 1. The van der Waals surface area contributed by atoms with E-state index >= 15 is 0 Å². The smallest absolute Gasteiger partial charge is 0.00201 e. The number of hydrogen-bond donors (Lipinski definition) is 1. The zero-order chi connectivity index (χ0) is 11.0. The molecule has 0 bridgehead atoms. The molecule has 1 fully saturated rings. The van der Waals surface area contributed by atoms with Gasteiger partial charge in [-0.15, -0.1) is 0 Å². The molecular formula is C15H21N. The Bertz CT molecular complexity index is 377. The van der Waals surface area contributed by atoms with Gasteiger partial charge in [0, 0.05) is 6.54 Å². The normalized spacial score (nSPS) is 29.1. The van der Waals surface area contributed by atoms with E-state index in [0.29, 0.717) is 0 Å². The summed E-state index contributed by atoms with van der Waals surface area (Å²) in [6.07, 6.45) is 5.34. The molecule has 0 radical (unpaired) electrons. The van der Waals surface area contributed by atoms with Crippen molar-refractivity contribution in [3.63, 3.8) is 0 Å². The van der Waals surface area contributed by atoms with E-state index in [1.54, 1.807) is 16.7 Å². The second-order valence-corrected chi connectivity index (χ2v) is 5.44. The predicted octanol–water partition coefficient (Wildman–Crippen LogP) is 3.20. The summed E-state index contributed by atoms with van der Waals surface area (Å²) >= 11 is 0. The van der Waals surface area contributed by atoms with Crippen molar-refractivity contribution < 1.29 is 0 Å². The van der Waals surface area contributed by atoms with E-state index in [0.717, 1.165) is 11.8 Å². The monoisotopic (exact) mass is 215 g/mol. The molecule has 0 spiro atoms. The van der Waals surface area contributed by atoms with E-state index in [1.165, 1.54) is 38.8 Å². The van der Waals surface area contributed by atoms with Gasteiger partial charge in [0.15, 0.2) is 0 Å². The molecule has 1 nitrogen and oxygen atoms in total. The van der Waals surface area contributed by atoms with E-state index in [-0.39, 0.29) is 0 Å². The lowest BCUT2D eigenvalue weighted by Crippen LogP contribution is -2.28. The van der Waals surface area contributed by atoms with Crippen LogP contribution < -0.4 is 5.32 Å². The van der Waals surface area contributed by atoms with Crippen molar-refractivity contribution in [2.45, 2.75) is 44.4 Å². The molecule has 0 aromatic heterocycles. The molecule has 1 saturated heterocycles. The molecule has 0 saturated carbocycles. The molecule has 1 heterocycles. The predicted molar refractivity (Wildman–Crippen MR) is 68.0 cm³/mol. The van der Waals surface area contributed by atoms with Crippen molar-refractivity contribution in [1.29, 1.82) is 0 Å². The van der Waals surface area contributed by atoms with Crippen LogP contribution in [0.5, 0.6) is 0 Å². The fourth-order valence-electron chi connectivity index (χ4n) is 3.24. The topological polar surface area (TPSA) is 12.0 Å². The Balaban J connectivity index is 1.86. The highest BCUT2D eigenvalue weighted by Gasteiger charge is 2.21. The first-order valence-electron chi connectivity index (χ1n) is 6.68. The first-order valence-corrected chi connectivity index (χ1v) is 6.68. The van der Waals surface area contributed by atoms with Gasteiger partial charge in [0.25, 0.3) is 0 Å². The number of rotatable bonds is 1. The second-order valence-electron chi connectivity index (χ2n) is 5.44. The molecule has 1 heteroatoms. The number of fused-ring (bicyclic) bond motifs is 1. The maximum absolute atomic E-state index is 3.51. The van der Waals surface area contributed by atoms with Gasteiger partial charge >= 0.3 is 0 Å². The Morgan fingerprint density at radius 3 is 3.00 bits per heavy atom. The SMILES string of the molecule is CC1CCc2cc(C3CCCNC3)ccc21. The van der Waals surface area contributed by atoms with Gasteiger partial charge in [-0.05, 0) is 60.8 Å². The van der Waals surface area contributed by atoms with E-state index in [4.69, 9.17) is 0 Å². The Morgan fingerprint density at radius 2 is 2.19 bits per heavy atom. The quantitative estimate of drug-likeness (QED) is 0.758. The molecule has 3 rings (SSSR count). The fraction of sp³-hybridized carbons (Fsp3) is 0.600. The first-order chi connectivity index (χ1) is 7.84. The standard InChI is InChI=1S/C15H21N/c1-11-4-5-13-9-12(6-7-15(11)13)14-3-2-8-16-10-14/h6-7,9,11,14,16H,2-5,8,10H2,1H3. The van der Waals surface area contributed by atoms with E-state index in [9.17, 15) is 0 Å². The highest BCUT2D eigenvalue weighted by atomic mass is 14.9. The van der Waals surface area contributed by atoms with Crippen molar-refractivity contribution in [2.75, 3.05) is 13.1 Å². The summed E-state index contributed by atoms with van der Waals surface area (Å²) in [5, 5.41) is 3.51. The largest absolute Gasteiger partial charge is 0.316 e. The minimum Gasteiger partial charge on any atom is -0.316 e. The third-order valence-electron chi connectivity index (χ3n) is 4.31. The zero-order valence-corrected chi connectivity index (χ0v) is 10.1. The molecule has 1 aromatic rings. The van der Waals surface area contributed by atoms with Crippen LogP contribution in [-0.4, -0.2) is 13.1 Å². The molecule has 1 aliphatic carbocycles. The number of nitrogens with one attached hydrogen (secondary N) is 1. The summed E-state index contributed by atoms with van der Waals surface area (Å²) in [7, 11) is 0. The average molecular weight is 215 g/mol. The Hall–Kier alpha value is -0.820. The summed E-state index contributed by atoms with van der Waals surface area (Å²) in [4.78, 5) is 0. The van der Waals surface area contributed by atoms with Crippen molar-refractivity contribution in [3.05, 3.63) is 34.9 Å². The van der Waals surface area contributed by atoms with Crippen LogP contribution in [-0.2, 0) is 6.42 Å². The zero-order valence-electron chi connectivity index (χ0n) is 10.1. The van der Waals surface area contributed by atoms with Crippen molar-refractivity contribution in [1.82, 2.24) is 5.32 Å². The average Bonchev–Trinajstić information content (AvgIpc) is 2.72. The first kappa shape index (κ1) is 10.3. The van der Waals surface area contributed by atoms with Crippen LogP contribution in [0.1, 0.15) is 54.7 Å². The van der Waals surface area contributed by atoms with Gasteiger partial charge in [-0.3, -0.25) is 0 Å². The van der Waals surface area contributed by atoms with Gasteiger partial charge in [-0.2, -0.15) is 0 Å². The minimum atomic E-state index is 0.759. The van der Waals surface area contributed by atoms with Gasteiger partial charge in [0.05, 0.1) is 0 Å². The highest BCUT2D eigenvalue weighted by Crippen LogP contribution is 2.35. The maximum atomic E-state index is 3.51.